The first-order valence-electron chi connectivity index (χ1n) is 7.63. The Morgan fingerprint density at radius 3 is 2.26 bits per heavy atom. The van der Waals surface area contributed by atoms with Crippen LogP contribution in [0, 0.1) is 23.7 Å². The van der Waals surface area contributed by atoms with Gasteiger partial charge in [0.15, 0.2) is 0 Å². The first kappa shape index (κ1) is 11.7. The van der Waals surface area contributed by atoms with Crippen molar-refractivity contribution in [2.45, 2.75) is 44.8 Å². The maximum absolute atomic E-state index is 6.24. The van der Waals surface area contributed by atoms with Gasteiger partial charge in [-0.3, -0.25) is 0 Å². The van der Waals surface area contributed by atoms with Crippen LogP contribution in [-0.2, 0) is 6.54 Å². The maximum atomic E-state index is 6.24. The molecular formula is C16H22N2O. The van der Waals surface area contributed by atoms with Crippen LogP contribution in [0.15, 0.2) is 18.3 Å². The van der Waals surface area contributed by atoms with E-state index in [9.17, 15) is 0 Å². The highest BCUT2D eigenvalue weighted by Gasteiger charge is 2.49. The van der Waals surface area contributed by atoms with Crippen LogP contribution in [0.4, 0.5) is 0 Å². The lowest BCUT2D eigenvalue weighted by Gasteiger charge is -2.53. The minimum Gasteiger partial charge on any atom is -0.474 e. The monoisotopic (exact) mass is 258 g/mol. The molecule has 0 unspecified atom stereocenters. The van der Waals surface area contributed by atoms with Crippen molar-refractivity contribution in [3.8, 4) is 5.88 Å². The van der Waals surface area contributed by atoms with E-state index < -0.39 is 0 Å². The lowest BCUT2D eigenvalue weighted by Crippen LogP contribution is -2.50. The number of ether oxygens (including phenoxy) is 1. The van der Waals surface area contributed by atoms with E-state index in [1.165, 1.54) is 32.1 Å². The van der Waals surface area contributed by atoms with Crippen molar-refractivity contribution in [3.05, 3.63) is 23.9 Å². The van der Waals surface area contributed by atoms with Crippen molar-refractivity contribution >= 4 is 0 Å². The Morgan fingerprint density at radius 1 is 1.05 bits per heavy atom. The van der Waals surface area contributed by atoms with Crippen LogP contribution in [0.2, 0.25) is 0 Å². The van der Waals surface area contributed by atoms with Gasteiger partial charge in [-0.2, -0.15) is 0 Å². The largest absolute Gasteiger partial charge is 0.474 e. The van der Waals surface area contributed by atoms with Gasteiger partial charge in [-0.15, -0.1) is 0 Å². The van der Waals surface area contributed by atoms with E-state index in [0.29, 0.717) is 12.6 Å². The lowest BCUT2D eigenvalue weighted by atomic mass is 9.55. The number of nitrogens with zero attached hydrogens (tertiary/aromatic N) is 1. The molecule has 0 atom stereocenters. The SMILES string of the molecule is NCc1ccc(OC2C3CC4CC(C3)CC2C4)nc1. The molecule has 2 N–H and O–H groups in total. The predicted octanol–water partition coefficient (Wildman–Crippen LogP) is 2.74. The fourth-order valence-corrected chi connectivity index (χ4v) is 4.81. The van der Waals surface area contributed by atoms with Gasteiger partial charge in [-0.05, 0) is 61.3 Å². The summed E-state index contributed by atoms with van der Waals surface area (Å²) in [7, 11) is 0. The van der Waals surface area contributed by atoms with Crippen molar-refractivity contribution in [3.63, 3.8) is 0 Å². The molecule has 0 aliphatic heterocycles. The summed E-state index contributed by atoms with van der Waals surface area (Å²) in [6, 6.07) is 4.01. The van der Waals surface area contributed by atoms with Crippen LogP contribution in [0.25, 0.3) is 0 Å². The third kappa shape index (κ3) is 2.04. The maximum Gasteiger partial charge on any atom is 0.213 e. The minimum atomic E-state index is 0.420. The van der Waals surface area contributed by atoms with Gasteiger partial charge in [0.05, 0.1) is 0 Å². The zero-order valence-electron chi connectivity index (χ0n) is 11.3. The fourth-order valence-electron chi connectivity index (χ4n) is 4.81. The Morgan fingerprint density at radius 2 is 1.74 bits per heavy atom. The number of rotatable bonds is 3. The molecule has 1 heterocycles. The van der Waals surface area contributed by atoms with Crippen LogP contribution in [0.3, 0.4) is 0 Å². The molecule has 4 saturated carbocycles. The average molecular weight is 258 g/mol. The second-order valence-electron chi connectivity index (χ2n) is 6.72. The van der Waals surface area contributed by atoms with Gasteiger partial charge in [0.25, 0.3) is 0 Å². The first-order chi connectivity index (χ1) is 9.31. The van der Waals surface area contributed by atoms with Crippen molar-refractivity contribution in [1.82, 2.24) is 4.98 Å². The molecule has 102 valence electrons. The number of hydrogen-bond donors (Lipinski definition) is 1. The van der Waals surface area contributed by atoms with Crippen molar-refractivity contribution in [1.29, 1.82) is 0 Å². The van der Waals surface area contributed by atoms with E-state index in [0.717, 1.165) is 35.1 Å². The number of nitrogens with two attached hydrogens (primary N) is 1. The lowest BCUT2D eigenvalue weighted by molar-refractivity contribution is -0.0805. The number of hydrogen-bond acceptors (Lipinski definition) is 3. The summed E-state index contributed by atoms with van der Waals surface area (Å²) in [6.07, 6.45) is 9.30. The summed E-state index contributed by atoms with van der Waals surface area (Å²) in [5, 5.41) is 0. The van der Waals surface area contributed by atoms with Crippen LogP contribution in [0.1, 0.15) is 37.7 Å². The normalized spacial score (nSPS) is 39.5. The summed E-state index contributed by atoms with van der Waals surface area (Å²) in [6.45, 7) is 0.547. The molecule has 5 rings (SSSR count). The summed E-state index contributed by atoms with van der Waals surface area (Å²) in [4.78, 5) is 4.40. The van der Waals surface area contributed by atoms with E-state index in [-0.39, 0.29) is 0 Å². The molecule has 4 fully saturated rings. The molecule has 0 amide bonds. The van der Waals surface area contributed by atoms with Gasteiger partial charge in [0.2, 0.25) is 5.88 Å². The zero-order chi connectivity index (χ0) is 12.8. The van der Waals surface area contributed by atoms with E-state index in [4.69, 9.17) is 10.5 Å². The van der Waals surface area contributed by atoms with Gasteiger partial charge < -0.3 is 10.5 Å². The van der Waals surface area contributed by atoms with Crippen LogP contribution in [-0.4, -0.2) is 11.1 Å². The van der Waals surface area contributed by atoms with E-state index in [2.05, 4.69) is 4.98 Å². The Bertz CT molecular complexity index is 428. The number of pyridine rings is 1. The Labute approximate surface area is 114 Å². The quantitative estimate of drug-likeness (QED) is 0.907. The molecule has 4 aliphatic carbocycles. The average Bonchev–Trinajstić information content (AvgIpc) is 2.43. The molecule has 1 aromatic rings. The van der Waals surface area contributed by atoms with Crippen LogP contribution >= 0.6 is 0 Å². The van der Waals surface area contributed by atoms with Gasteiger partial charge >= 0.3 is 0 Å². The van der Waals surface area contributed by atoms with Gasteiger partial charge in [0.1, 0.15) is 6.10 Å². The zero-order valence-corrected chi connectivity index (χ0v) is 11.3. The second-order valence-corrected chi connectivity index (χ2v) is 6.72. The topological polar surface area (TPSA) is 48.1 Å². The molecule has 0 aromatic carbocycles. The molecule has 0 spiro atoms. The second kappa shape index (κ2) is 4.48. The molecule has 3 nitrogen and oxygen atoms in total. The molecule has 3 heteroatoms. The van der Waals surface area contributed by atoms with Crippen molar-refractivity contribution < 1.29 is 4.74 Å². The molecule has 4 bridgehead atoms. The summed E-state index contributed by atoms with van der Waals surface area (Å²) >= 11 is 0. The van der Waals surface area contributed by atoms with E-state index >= 15 is 0 Å². The summed E-state index contributed by atoms with van der Waals surface area (Å²) in [5.74, 6) is 4.35. The third-order valence-corrected chi connectivity index (χ3v) is 5.43. The molecule has 0 radical (unpaired) electrons. The van der Waals surface area contributed by atoms with Crippen molar-refractivity contribution in [2.24, 2.45) is 29.4 Å². The van der Waals surface area contributed by atoms with Crippen molar-refractivity contribution in [2.75, 3.05) is 0 Å². The van der Waals surface area contributed by atoms with Gasteiger partial charge in [-0.25, -0.2) is 4.98 Å². The Hall–Kier alpha value is -1.09. The van der Waals surface area contributed by atoms with E-state index in [1.54, 1.807) is 0 Å². The van der Waals surface area contributed by atoms with Crippen LogP contribution in [0.5, 0.6) is 5.88 Å². The molecule has 1 aromatic heterocycles. The molecule has 0 saturated heterocycles. The van der Waals surface area contributed by atoms with Gasteiger partial charge in [-0.1, -0.05) is 6.07 Å². The van der Waals surface area contributed by atoms with Gasteiger partial charge in [0, 0.05) is 18.8 Å². The summed E-state index contributed by atoms with van der Waals surface area (Å²) in [5.41, 5.74) is 6.67. The molecular weight excluding hydrogens is 236 g/mol. The highest BCUT2D eigenvalue weighted by Crippen LogP contribution is 2.54. The molecule has 19 heavy (non-hydrogen) atoms. The predicted molar refractivity (Wildman–Crippen MR) is 73.6 cm³/mol. The molecule has 4 aliphatic rings. The minimum absolute atomic E-state index is 0.420. The highest BCUT2D eigenvalue weighted by molar-refractivity contribution is 5.18. The third-order valence-electron chi connectivity index (χ3n) is 5.43. The summed E-state index contributed by atoms with van der Waals surface area (Å²) < 4.78 is 6.24. The van der Waals surface area contributed by atoms with E-state index in [1.807, 2.05) is 18.3 Å². The van der Waals surface area contributed by atoms with Crippen LogP contribution < -0.4 is 10.5 Å². The Balaban J connectivity index is 1.50. The fraction of sp³-hybridized carbons (Fsp3) is 0.688. The highest BCUT2D eigenvalue weighted by atomic mass is 16.5. The Kier molecular flexibility index (Phi) is 2.76. The smallest absolute Gasteiger partial charge is 0.213 e. The first-order valence-corrected chi connectivity index (χ1v) is 7.63. The standard InChI is InChI=1S/C16H22N2O/c17-8-10-1-2-15(18-9-10)19-16-13-4-11-3-12(6-13)7-14(16)5-11/h1-2,9,11-14,16H,3-8,17H2. The number of aromatic nitrogens is 1.